The Morgan fingerprint density at radius 1 is 1.24 bits per heavy atom. The van der Waals surface area contributed by atoms with Crippen LogP contribution in [-0.2, 0) is 5.92 Å². The maximum atomic E-state index is 14.3. The van der Waals surface area contributed by atoms with Crippen LogP contribution in [0.2, 0.25) is 0 Å². The molecule has 1 aliphatic heterocycles. The number of alkyl halides is 2. The predicted molar refractivity (Wildman–Crippen MR) is 119 cm³/mol. The maximum Gasteiger partial charge on any atom is 0.272 e. The molecule has 1 saturated carbocycles. The largest absolute Gasteiger partial charge is 0.375 e. The lowest BCUT2D eigenvalue weighted by Gasteiger charge is -2.39. The first-order valence-electron chi connectivity index (χ1n) is 10.4. The Morgan fingerprint density at radius 2 is 1.93 bits per heavy atom. The topological polar surface area (TPSA) is 56.9 Å². The molecule has 2 aliphatic rings. The zero-order chi connectivity index (χ0) is 20.9. The lowest BCUT2D eigenvalue weighted by molar-refractivity contribution is 0.0178. The van der Waals surface area contributed by atoms with Crippen LogP contribution in [0.3, 0.4) is 0 Å². The number of benzene rings is 1. The van der Waals surface area contributed by atoms with E-state index in [1.54, 1.807) is 12.1 Å². The second-order valence-corrected chi connectivity index (χ2v) is 8.63. The minimum Gasteiger partial charge on any atom is -0.375 e. The van der Waals surface area contributed by atoms with Crippen molar-refractivity contribution >= 4 is 29.2 Å². The van der Waals surface area contributed by atoms with E-state index in [9.17, 15) is 8.78 Å². The zero-order valence-electron chi connectivity index (χ0n) is 17.0. The summed E-state index contributed by atoms with van der Waals surface area (Å²) in [7, 11) is 0. The minimum atomic E-state index is -2.94. The van der Waals surface area contributed by atoms with Crippen molar-refractivity contribution in [3.8, 4) is 0 Å². The number of nitrogens with one attached hydrogen (secondary N) is 1. The van der Waals surface area contributed by atoms with Gasteiger partial charge < -0.3 is 10.6 Å². The molecule has 2 fully saturated rings. The van der Waals surface area contributed by atoms with Gasteiger partial charge >= 0.3 is 0 Å². The summed E-state index contributed by atoms with van der Waals surface area (Å²) in [6.07, 6.45) is 8.18. The smallest absolute Gasteiger partial charge is 0.272 e. The van der Waals surface area contributed by atoms with Crippen LogP contribution in [0.25, 0.3) is 0 Å². The minimum absolute atomic E-state index is 0.0255. The lowest BCUT2D eigenvalue weighted by Crippen LogP contribution is -2.48. The summed E-state index contributed by atoms with van der Waals surface area (Å²) >= 11 is 4.69. The highest BCUT2D eigenvalue weighted by Gasteiger charge is 2.31. The molecule has 1 aromatic rings. The summed E-state index contributed by atoms with van der Waals surface area (Å²) in [6, 6.07) is 5.06. The number of nitrogens with zero attached hydrogens (tertiary/aromatic N) is 3. The van der Waals surface area contributed by atoms with Gasteiger partial charge in [-0.05, 0) is 48.7 Å². The summed E-state index contributed by atoms with van der Waals surface area (Å²) in [4.78, 5) is 4.58. The average molecular weight is 424 g/mol. The lowest BCUT2D eigenvalue weighted by atomic mass is 9.89. The third kappa shape index (κ3) is 6.34. The summed E-state index contributed by atoms with van der Waals surface area (Å²) in [5, 5.41) is 3.90. The Morgan fingerprint density at radius 3 is 2.55 bits per heavy atom. The Hall–Kier alpha value is -1.80. The van der Waals surface area contributed by atoms with Crippen molar-refractivity contribution < 1.29 is 8.78 Å². The van der Waals surface area contributed by atoms with E-state index in [1.807, 2.05) is 0 Å². The van der Waals surface area contributed by atoms with Gasteiger partial charge in [0.25, 0.3) is 5.92 Å². The highest BCUT2D eigenvalue weighted by atomic mass is 32.1. The van der Waals surface area contributed by atoms with E-state index in [2.05, 4.69) is 32.5 Å². The Labute approximate surface area is 177 Å². The van der Waals surface area contributed by atoms with Gasteiger partial charge in [-0.2, -0.15) is 5.10 Å². The van der Waals surface area contributed by atoms with Crippen molar-refractivity contribution in [1.29, 1.82) is 0 Å². The molecule has 160 valence electrons. The number of hydrogen-bond acceptors (Lipinski definition) is 4. The number of thiocarbonyl (C=S) groups is 1. The van der Waals surface area contributed by atoms with Crippen LogP contribution in [0.1, 0.15) is 50.2 Å². The number of piperazine rings is 1. The van der Waals surface area contributed by atoms with E-state index in [1.165, 1.54) is 44.4 Å². The highest BCUT2D eigenvalue weighted by Crippen LogP contribution is 2.36. The molecule has 1 aliphatic carbocycles. The molecule has 3 rings (SSSR count). The van der Waals surface area contributed by atoms with Gasteiger partial charge in [0.05, 0.1) is 6.21 Å². The van der Waals surface area contributed by atoms with Crippen molar-refractivity contribution in [1.82, 2.24) is 10.3 Å². The fourth-order valence-corrected chi connectivity index (χ4v) is 4.39. The molecule has 5 nitrogen and oxygen atoms in total. The average Bonchev–Trinajstić information content (AvgIpc) is 2.68. The third-order valence-corrected chi connectivity index (χ3v) is 5.93. The van der Waals surface area contributed by atoms with Gasteiger partial charge in [-0.3, -0.25) is 10.3 Å². The third-order valence-electron chi connectivity index (χ3n) is 5.84. The number of rotatable bonds is 6. The number of hydrogen-bond donors (Lipinski definition) is 2. The normalized spacial score (nSPS) is 19.6. The van der Waals surface area contributed by atoms with E-state index < -0.39 is 5.92 Å². The Balaban J connectivity index is 1.66. The molecule has 1 heterocycles. The van der Waals surface area contributed by atoms with Crippen LogP contribution in [0.5, 0.6) is 0 Å². The van der Waals surface area contributed by atoms with Crippen LogP contribution in [0.15, 0.2) is 23.3 Å². The van der Waals surface area contributed by atoms with Crippen LogP contribution in [0, 0.1) is 5.92 Å². The first kappa shape index (κ1) is 21.9. The second-order valence-electron chi connectivity index (χ2n) is 8.19. The van der Waals surface area contributed by atoms with E-state index in [4.69, 9.17) is 5.73 Å². The summed E-state index contributed by atoms with van der Waals surface area (Å²) in [6.45, 7) is 5.48. The number of hydrazone groups is 1. The molecule has 0 aromatic heterocycles. The molecule has 0 amide bonds. The molecule has 0 spiro atoms. The van der Waals surface area contributed by atoms with Crippen LogP contribution in [-0.4, -0.2) is 49.0 Å². The number of nitrogens with two attached hydrogens (primary N) is 1. The van der Waals surface area contributed by atoms with Gasteiger partial charge in [0.1, 0.15) is 0 Å². The molecule has 29 heavy (non-hydrogen) atoms. The quantitative estimate of drug-likeness (QED) is 0.415. The van der Waals surface area contributed by atoms with E-state index >= 15 is 0 Å². The Bertz CT molecular complexity index is 720. The van der Waals surface area contributed by atoms with Crippen molar-refractivity contribution in [3.05, 3.63) is 29.3 Å². The van der Waals surface area contributed by atoms with E-state index in [-0.39, 0.29) is 10.7 Å². The van der Waals surface area contributed by atoms with E-state index in [0.29, 0.717) is 11.3 Å². The number of anilines is 1. The van der Waals surface area contributed by atoms with Gasteiger partial charge in [0.2, 0.25) is 0 Å². The summed E-state index contributed by atoms with van der Waals surface area (Å²) < 4.78 is 28.7. The molecule has 1 saturated heterocycles. The monoisotopic (exact) mass is 423 g/mol. The first-order valence-corrected chi connectivity index (χ1v) is 10.8. The number of halogens is 2. The zero-order valence-corrected chi connectivity index (χ0v) is 17.9. The van der Waals surface area contributed by atoms with Crippen LogP contribution in [0.4, 0.5) is 14.5 Å². The van der Waals surface area contributed by atoms with E-state index in [0.717, 1.165) is 45.6 Å². The first-order chi connectivity index (χ1) is 13.8. The van der Waals surface area contributed by atoms with Gasteiger partial charge in [-0.15, -0.1) is 0 Å². The van der Waals surface area contributed by atoms with Gasteiger partial charge in [0, 0.05) is 50.9 Å². The van der Waals surface area contributed by atoms with Gasteiger partial charge in [-0.1, -0.05) is 25.3 Å². The van der Waals surface area contributed by atoms with Crippen LogP contribution < -0.4 is 16.1 Å². The predicted octanol–water partition coefficient (Wildman–Crippen LogP) is 3.67. The molecule has 3 N–H and O–H groups in total. The molecule has 8 heteroatoms. The summed E-state index contributed by atoms with van der Waals surface area (Å²) in [5.41, 5.74) is 8.97. The van der Waals surface area contributed by atoms with Gasteiger partial charge in [0.15, 0.2) is 5.11 Å². The molecular formula is C21H31F2N5S. The highest BCUT2D eigenvalue weighted by molar-refractivity contribution is 7.80. The standard InChI is InChI=1S/C21H31F2N5S/c1-21(22,23)18-13-17(14-25-26-20(24)29)7-8-19(18)28-11-9-27(10-12-28)15-16-5-3-2-4-6-16/h7-8,13-14,16H,2-6,9-12,15H2,1H3,(H3,24,26,29)/b25-14+. The molecule has 0 atom stereocenters. The maximum absolute atomic E-state index is 14.3. The molecule has 0 unspecified atom stereocenters. The fourth-order valence-electron chi connectivity index (χ4n) is 4.34. The molecular weight excluding hydrogens is 392 g/mol. The SMILES string of the molecule is CC(F)(F)c1cc(/C=N/NC(N)=S)ccc1N1CCN(CC2CCCCC2)CC1. The van der Waals surface area contributed by atoms with Crippen LogP contribution >= 0.6 is 12.2 Å². The van der Waals surface area contributed by atoms with Crippen molar-refractivity contribution in [2.45, 2.75) is 45.0 Å². The molecule has 1 aromatic carbocycles. The summed E-state index contributed by atoms with van der Waals surface area (Å²) in [5.74, 6) is -2.13. The molecule has 0 bridgehead atoms. The fraction of sp³-hybridized carbons (Fsp3) is 0.619. The Kier molecular flexibility index (Phi) is 7.40. The van der Waals surface area contributed by atoms with Crippen molar-refractivity contribution in [2.75, 3.05) is 37.6 Å². The van der Waals surface area contributed by atoms with Gasteiger partial charge in [-0.25, -0.2) is 8.78 Å². The second kappa shape index (κ2) is 9.80. The van der Waals surface area contributed by atoms with Crippen molar-refractivity contribution in [3.63, 3.8) is 0 Å². The molecule has 0 radical (unpaired) electrons. The van der Waals surface area contributed by atoms with Crippen molar-refractivity contribution in [2.24, 2.45) is 16.8 Å².